The zero-order valence-electron chi connectivity index (χ0n) is 11.0. The van der Waals surface area contributed by atoms with Crippen molar-refractivity contribution in [1.29, 1.82) is 0 Å². The van der Waals surface area contributed by atoms with Gasteiger partial charge in [-0.05, 0) is 32.2 Å². The summed E-state index contributed by atoms with van der Waals surface area (Å²) >= 11 is 0. The SMILES string of the molecule is O=S1(=O)CCC(c2cnc(CCCNC3CC3)o2)C1. The van der Waals surface area contributed by atoms with Crippen molar-refractivity contribution >= 4 is 9.84 Å². The minimum Gasteiger partial charge on any atom is -0.445 e. The molecule has 1 aromatic rings. The van der Waals surface area contributed by atoms with Crippen molar-refractivity contribution in [2.75, 3.05) is 18.1 Å². The molecule has 0 bridgehead atoms. The van der Waals surface area contributed by atoms with Gasteiger partial charge >= 0.3 is 0 Å². The second kappa shape index (κ2) is 5.25. The molecule has 1 aromatic heterocycles. The Balaban J connectivity index is 1.48. The van der Waals surface area contributed by atoms with Crippen LogP contribution in [0, 0.1) is 0 Å². The van der Waals surface area contributed by atoms with Gasteiger partial charge < -0.3 is 9.73 Å². The van der Waals surface area contributed by atoms with Gasteiger partial charge in [0, 0.05) is 18.4 Å². The first-order valence-corrected chi connectivity index (χ1v) is 8.83. The molecule has 5 nitrogen and oxygen atoms in total. The molecule has 1 unspecified atom stereocenters. The second-order valence-electron chi connectivity index (χ2n) is 5.59. The topological polar surface area (TPSA) is 72.2 Å². The molecule has 106 valence electrons. The van der Waals surface area contributed by atoms with Crippen LogP contribution in [0.1, 0.15) is 43.3 Å². The number of nitrogens with zero attached hydrogens (tertiary/aromatic N) is 1. The average molecular weight is 284 g/mol. The molecule has 0 aromatic carbocycles. The zero-order chi connectivity index (χ0) is 13.3. The Bertz CT molecular complexity index is 534. The summed E-state index contributed by atoms with van der Waals surface area (Å²) in [7, 11) is -2.86. The van der Waals surface area contributed by atoms with E-state index in [2.05, 4.69) is 10.3 Å². The number of sulfone groups is 1. The Morgan fingerprint density at radius 3 is 2.89 bits per heavy atom. The lowest BCUT2D eigenvalue weighted by molar-refractivity contribution is 0.426. The summed E-state index contributed by atoms with van der Waals surface area (Å²) in [5.41, 5.74) is 0. The van der Waals surface area contributed by atoms with E-state index in [1.807, 2.05) is 0 Å². The molecule has 1 saturated heterocycles. The first kappa shape index (κ1) is 13.1. The largest absolute Gasteiger partial charge is 0.445 e. The lowest BCUT2D eigenvalue weighted by Gasteiger charge is -2.02. The third kappa shape index (κ3) is 3.57. The van der Waals surface area contributed by atoms with Gasteiger partial charge in [-0.15, -0.1) is 0 Å². The van der Waals surface area contributed by atoms with Crippen LogP contribution in [-0.4, -0.2) is 37.5 Å². The fraction of sp³-hybridized carbons (Fsp3) is 0.769. The van der Waals surface area contributed by atoms with E-state index in [1.165, 1.54) is 12.8 Å². The van der Waals surface area contributed by atoms with E-state index < -0.39 is 9.84 Å². The standard InChI is InChI=1S/C13H20N2O3S/c16-19(17)7-5-10(9-19)12-8-15-13(18-12)2-1-6-14-11-3-4-11/h8,10-11,14H,1-7,9H2. The van der Waals surface area contributed by atoms with Gasteiger partial charge in [0.15, 0.2) is 15.7 Å². The quantitative estimate of drug-likeness (QED) is 0.796. The average Bonchev–Trinajstić information content (AvgIpc) is 2.94. The van der Waals surface area contributed by atoms with Crippen molar-refractivity contribution < 1.29 is 12.8 Å². The van der Waals surface area contributed by atoms with Crippen molar-refractivity contribution in [3.8, 4) is 0 Å². The lowest BCUT2D eigenvalue weighted by atomic mass is 10.1. The lowest BCUT2D eigenvalue weighted by Crippen LogP contribution is -2.17. The van der Waals surface area contributed by atoms with E-state index in [0.29, 0.717) is 6.42 Å². The molecular formula is C13H20N2O3S. The molecule has 6 heteroatoms. The second-order valence-corrected chi connectivity index (χ2v) is 7.82. The minimum atomic E-state index is -2.86. The molecule has 2 fully saturated rings. The highest BCUT2D eigenvalue weighted by Gasteiger charge is 2.31. The Kier molecular flexibility index (Phi) is 3.62. The summed E-state index contributed by atoms with van der Waals surface area (Å²) in [6.45, 7) is 1.00. The number of aromatic nitrogens is 1. The van der Waals surface area contributed by atoms with Gasteiger partial charge in [0.05, 0.1) is 17.7 Å². The molecule has 1 aliphatic carbocycles. The normalized spacial score (nSPS) is 25.8. The summed E-state index contributed by atoms with van der Waals surface area (Å²) in [5, 5.41) is 3.45. The molecule has 0 spiro atoms. The fourth-order valence-electron chi connectivity index (χ4n) is 2.48. The molecule has 19 heavy (non-hydrogen) atoms. The molecular weight excluding hydrogens is 264 g/mol. The minimum absolute atomic E-state index is 0.0100. The third-order valence-electron chi connectivity index (χ3n) is 3.78. The van der Waals surface area contributed by atoms with Gasteiger partial charge in [-0.1, -0.05) is 0 Å². The molecule has 0 radical (unpaired) electrons. The highest BCUT2D eigenvalue weighted by Crippen LogP contribution is 2.29. The number of aryl methyl sites for hydroxylation is 1. The molecule has 1 atom stereocenters. The number of rotatable bonds is 6. The number of nitrogens with one attached hydrogen (secondary N) is 1. The summed E-state index contributed by atoms with van der Waals surface area (Å²) in [6.07, 6.45) is 6.81. The van der Waals surface area contributed by atoms with Crippen LogP contribution in [0.15, 0.2) is 10.6 Å². The van der Waals surface area contributed by atoms with Crippen molar-refractivity contribution in [2.24, 2.45) is 0 Å². The predicted molar refractivity (Wildman–Crippen MR) is 71.9 cm³/mol. The summed E-state index contributed by atoms with van der Waals surface area (Å²) < 4.78 is 28.5. The molecule has 2 aliphatic rings. The van der Waals surface area contributed by atoms with E-state index in [1.54, 1.807) is 6.20 Å². The first-order chi connectivity index (χ1) is 9.12. The predicted octanol–water partition coefficient (Wildman–Crippen LogP) is 1.26. The van der Waals surface area contributed by atoms with Crippen molar-refractivity contribution in [3.63, 3.8) is 0 Å². The molecule has 2 heterocycles. The summed E-state index contributed by atoms with van der Waals surface area (Å²) in [6, 6.07) is 0.740. The Morgan fingerprint density at radius 2 is 2.21 bits per heavy atom. The third-order valence-corrected chi connectivity index (χ3v) is 5.55. The Hall–Kier alpha value is -0.880. The maximum atomic E-state index is 11.4. The summed E-state index contributed by atoms with van der Waals surface area (Å²) in [5.74, 6) is 1.98. The number of oxazole rings is 1. The van der Waals surface area contributed by atoms with E-state index in [0.717, 1.165) is 37.1 Å². The number of hydrogen-bond donors (Lipinski definition) is 1. The smallest absolute Gasteiger partial charge is 0.194 e. The van der Waals surface area contributed by atoms with Crippen LogP contribution >= 0.6 is 0 Å². The van der Waals surface area contributed by atoms with Gasteiger partial charge in [-0.3, -0.25) is 0 Å². The molecule has 1 N–H and O–H groups in total. The van der Waals surface area contributed by atoms with E-state index in [4.69, 9.17) is 4.42 Å². The highest BCUT2D eigenvalue weighted by molar-refractivity contribution is 7.91. The maximum absolute atomic E-state index is 11.4. The molecule has 3 rings (SSSR count). The van der Waals surface area contributed by atoms with Gasteiger partial charge in [-0.25, -0.2) is 13.4 Å². The van der Waals surface area contributed by atoms with Crippen LogP contribution in [0.25, 0.3) is 0 Å². The first-order valence-electron chi connectivity index (χ1n) is 7.01. The monoisotopic (exact) mass is 284 g/mol. The van der Waals surface area contributed by atoms with Crippen molar-refractivity contribution in [1.82, 2.24) is 10.3 Å². The van der Waals surface area contributed by atoms with E-state index >= 15 is 0 Å². The Labute approximate surface area is 113 Å². The van der Waals surface area contributed by atoms with Crippen LogP contribution < -0.4 is 5.32 Å². The van der Waals surface area contributed by atoms with Gasteiger partial charge in [0.1, 0.15) is 5.76 Å². The van der Waals surface area contributed by atoms with Crippen LogP contribution in [0.2, 0.25) is 0 Å². The fourth-order valence-corrected chi connectivity index (χ4v) is 4.24. The zero-order valence-corrected chi connectivity index (χ0v) is 11.8. The van der Waals surface area contributed by atoms with Crippen molar-refractivity contribution in [2.45, 2.75) is 44.1 Å². The van der Waals surface area contributed by atoms with Crippen LogP contribution in [0.5, 0.6) is 0 Å². The van der Waals surface area contributed by atoms with Gasteiger partial charge in [-0.2, -0.15) is 0 Å². The van der Waals surface area contributed by atoms with Crippen LogP contribution in [0.4, 0.5) is 0 Å². The molecule has 0 amide bonds. The highest BCUT2D eigenvalue weighted by atomic mass is 32.2. The van der Waals surface area contributed by atoms with Crippen molar-refractivity contribution in [3.05, 3.63) is 17.8 Å². The summed E-state index contributed by atoms with van der Waals surface area (Å²) in [4.78, 5) is 4.25. The van der Waals surface area contributed by atoms with E-state index in [-0.39, 0.29) is 17.4 Å². The molecule has 1 saturated carbocycles. The van der Waals surface area contributed by atoms with E-state index in [9.17, 15) is 8.42 Å². The van der Waals surface area contributed by atoms with Gasteiger partial charge in [0.2, 0.25) is 0 Å². The molecule has 1 aliphatic heterocycles. The van der Waals surface area contributed by atoms with Crippen LogP contribution in [-0.2, 0) is 16.3 Å². The maximum Gasteiger partial charge on any atom is 0.194 e. The van der Waals surface area contributed by atoms with Gasteiger partial charge in [0.25, 0.3) is 0 Å². The van der Waals surface area contributed by atoms with Crippen LogP contribution in [0.3, 0.4) is 0 Å². The Morgan fingerprint density at radius 1 is 1.37 bits per heavy atom. The number of hydrogen-bond acceptors (Lipinski definition) is 5.